The van der Waals surface area contributed by atoms with Crippen LogP contribution in [0.1, 0.15) is 25.8 Å². The summed E-state index contributed by atoms with van der Waals surface area (Å²) in [6, 6.07) is 13.7. The van der Waals surface area contributed by atoms with Gasteiger partial charge in [-0.25, -0.2) is 0 Å². The second-order valence-corrected chi connectivity index (χ2v) is 6.87. The molecule has 0 aliphatic carbocycles. The summed E-state index contributed by atoms with van der Waals surface area (Å²) >= 11 is 1.34. The number of thioether (sulfide) groups is 1. The summed E-state index contributed by atoms with van der Waals surface area (Å²) in [6.45, 7) is 7.43. The van der Waals surface area contributed by atoms with Gasteiger partial charge in [0.15, 0.2) is 0 Å². The third-order valence-corrected chi connectivity index (χ3v) is 5.54. The van der Waals surface area contributed by atoms with Crippen LogP contribution in [-0.2, 0) is 4.79 Å². The van der Waals surface area contributed by atoms with Gasteiger partial charge in [0.2, 0.25) is 0 Å². The fourth-order valence-corrected chi connectivity index (χ4v) is 3.60. The van der Waals surface area contributed by atoms with Gasteiger partial charge in [-0.15, -0.1) is 11.8 Å². The number of hydrogen-bond acceptors (Lipinski definition) is 4. The van der Waals surface area contributed by atoms with Crippen molar-refractivity contribution < 1.29 is 14.6 Å². The van der Waals surface area contributed by atoms with E-state index in [0.717, 1.165) is 33.0 Å². The number of methoxy groups -OCH3 is 1. The van der Waals surface area contributed by atoms with Crippen LogP contribution in [0, 0.1) is 0 Å². The Balaban J connectivity index is 2.49. The zero-order chi connectivity index (χ0) is 19.1. The highest BCUT2D eigenvalue weighted by atomic mass is 32.2. The van der Waals surface area contributed by atoms with Gasteiger partial charge < -0.3 is 9.84 Å². The zero-order valence-electron chi connectivity index (χ0n) is 15.2. The predicted molar refractivity (Wildman–Crippen MR) is 111 cm³/mol. The van der Waals surface area contributed by atoms with Crippen LogP contribution in [0.5, 0.6) is 5.75 Å². The van der Waals surface area contributed by atoms with E-state index in [0.29, 0.717) is 6.42 Å². The van der Waals surface area contributed by atoms with Crippen LogP contribution in [0.25, 0.3) is 16.0 Å². The minimum Gasteiger partial charge on any atom is -0.497 e. The van der Waals surface area contributed by atoms with Gasteiger partial charge in [-0.05, 0) is 55.5 Å². The number of carboxylic acids is 1. The Kier molecular flexibility index (Phi) is 7.04. The number of aliphatic imine (C=N–C) groups is 1. The fraction of sp³-hybridized carbons (Fsp3) is 0.238. The highest BCUT2D eigenvalue weighted by Gasteiger charge is 2.20. The molecule has 0 radical (unpaired) electrons. The minimum absolute atomic E-state index is 0.501. The smallest absolute Gasteiger partial charge is 0.316 e. The summed E-state index contributed by atoms with van der Waals surface area (Å²) in [6.07, 6.45) is 2.47. The number of aliphatic carboxylic acids is 1. The van der Waals surface area contributed by atoms with E-state index in [9.17, 15) is 9.90 Å². The number of allylic oxidation sites excluding steroid dienone is 1. The molecule has 1 atom stereocenters. The molecule has 5 heteroatoms. The Bertz CT molecular complexity index is 830. The minimum atomic E-state index is -0.811. The van der Waals surface area contributed by atoms with E-state index in [1.807, 2.05) is 62.4 Å². The number of benzene rings is 2. The van der Waals surface area contributed by atoms with Gasteiger partial charge in [-0.2, -0.15) is 0 Å². The summed E-state index contributed by atoms with van der Waals surface area (Å²) in [4.78, 5) is 16.4. The van der Waals surface area contributed by atoms with Crippen molar-refractivity contribution >= 4 is 35.0 Å². The maximum absolute atomic E-state index is 11.4. The quantitative estimate of drug-likeness (QED) is 0.611. The second kappa shape index (κ2) is 9.25. The monoisotopic (exact) mass is 369 g/mol. The topological polar surface area (TPSA) is 58.9 Å². The molecule has 0 heterocycles. The van der Waals surface area contributed by atoms with Crippen LogP contribution >= 0.6 is 11.8 Å². The second-order valence-electron chi connectivity index (χ2n) is 5.63. The zero-order valence-corrected chi connectivity index (χ0v) is 16.0. The van der Waals surface area contributed by atoms with Gasteiger partial charge in [0.05, 0.1) is 12.8 Å². The van der Waals surface area contributed by atoms with Crippen molar-refractivity contribution in [2.24, 2.45) is 4.99 Å². The molecule has 0 aliphatic rings. The average molecular weight is 369 g/mol. The van der Waals surface area contributed by atoms with Gasteiger partial charge in [0.1, 0.15) is 11.0 Å². The van der Waals surface area contributed by atoms with E-state index in [1.54, 1.807) is 7.11 Å². The van der Waals surface area contributed by atoms with E-state index < -0.39 is 11.2 Å². The Morgan fingerprint density at radius 2 is 2.04 bits per heavy atom. The number of nitrogens with zero attached hydrogens (tertiary/aromatic N) is 1. The Labute approximate surface area is 158 Å². The van der Waals surface area contributed by atoms with E-state index in [1.165, 1.54) is 11.8 Å². The fourth-order valence-electron chi connectivity index (χ4n) is 2.60. The van der Waals surface area contributed by atoms with Crippen molar-refractivity contribution in [2.75, 3.05) is 7.11 Å². The standard InChI is InChI=1S/C21H23NO3S/c1-5-19(26-20(6-2)21(23)24)17-13-15(10-11-18(17)22-3)14-8-7-9-16(12-14)25-4/h5,7-13,20H,3,6H2,1-2,4H3,(H,23,24)/b19-5+. The Hall–Kier alpha value is -2.53. The lowest BCUT2D eigenvalue weighted by atomic mass is 10.0. The molecule has 1 N–H and O–H groups in total. The highest BCUT2D eigenvalue weighted by Crippen LogP contribution is 2.39. The van der Waals surface area contributed by atoms with E-state index >= 15 is 0 Å². The molecule has 4 nitrogen and oxygen atoms in total. The molecule has 0 saturated carbocycles. The summed E-state index contributed by atoms with van der Waals surface area (Å²) in [7, 11) is 1.64. The molecule has 0 saturated heterocycles. The molecule has 0 aliphatic heterocycles. The first-order valence-electron chi connectivity index (χ1n) is 8.35. The maximum Gasteiger partial charge on any atom is 0.316 e. The van der Waals surface area contributed by atoms with Gasteiger partial charge in [0, 0.05) is 10.5 Å². The molecule has 0 aromatic heterocycles. The number of rotatable bonds is 8. The summed E-state index contributed by atoms with van der Waals surface area (Å²) < 4.78 is 5.30. The molecule has 136 valence electrons. The summed E-state index contributed by atoms with van der Waals surface area (Å²) in [5.41, 5.74) is 3.64. The first kappa shape index (κ1) is 19.8. The molecular formula is C21H23NO3S. The summed E-state index contributed by atoms with van der Waals surface area (Å²) in [5, 5.41) is 8.88. The molecule has 26 heavy (non-hydrogen) atoms. The Morgan fingerprint density at radius 1 is 1.31 bits per heavy atom. The molecular weight excluding hydrogens is 346 g/mol. The van der Waals surface area contributed by atoms with Crippen molar-refractivity contribution in [3.63, 3.8) is 0 Å². The van der Waals surface area contributed by atoms with Crippen molar-refractivity contribution in [3.05, 3.63) is 54.1 Å². The summed E-state index contributed by atoms with van der Waals surface area (Å²) in [5.74, 6) is -0.0264. The molecule has 2 aromatic carbocycles. The average Bonchev–Trinajstić information content (AvgIpc) is 2.68. The molecule has 0 spiro atoms. The van der Waals surface area contributed by atoms with Crippen molar-refractivity contribution in [1.29, 1.82) is 0 Å². The van der Waals surface area contributed by atoms with E-state index in [4.69, 9.17) is 4.74 Å². The lowest BCUT2D eigenvalue weighted by molar-refractivity contribution is -0.136. The van der Waals surface area contributed by atoms with Crippen LogP contribution in [-0.4, -0.2) is 30.2 Å². The van der Waals surface area contributed by atoms with Crippen molar-refractivity contribution in [3.8, 4) is 16.9 Å². The lowest BCUT2D eigenvalue weighted by Gasteiger charge is -2.16. The van der Waals surface area contributed by atoms with Crippen molar-refractivity contribution in [1.82, 2.24) is 0 Å². The molecule has 2 rings (SSSR count). The first-order chi connectivity index (χ1) is 12.5. The number of hydrogen-bond donors (Lipinski definition) is 1. The Morgan fingerprint density at radius 3 is 2.62 bits per heavy atom. The van der Waals surface area contributed by atoms with Crippen LogP contribution in [0.2, 0.25) is 0 Å². The van der Waals surface area contributed by atoms with E-state index in [2.05, 4.69) is 11.7 Å². The molecule has 1 unspecified atom stereocenters. The highest BCUT2D eigenvalue weighted by molar-refractivity contribution is 8.09. The molecule has 0 amide bonds. The van der Waals surface area contributed by atoms with Gasteiger partial charge in [-0.3, -0.25) is 9.79 Å². The number of carboxylic acid groups (broad SMARTS) is 1. The third-order valence-electron chi connectivity index (χ3n) is 4.01. The number of ether oxygens (including phenoxy) is 1. The van der Waals surface area contributed by atoms with Crippen LogP contribution in [0.15, 0.2) is 53.5 Å². The lowest BCUT2D eigenvalue weighted by Crippen LogP contribution is -2.14. The van der Waals surface area contributed by atoms with Gasteiger partial charge in [-0.1, -0.05) is 31.2 Å². The van der Waals surface area contributed by atoms with Crippen molar-refractivity contribution in [2.45, 2.75) is 25.5 Å². The largest absolute Gasteiger partial charge is 0.497 e. The van der Waals surface area contributed by atoms with E-state index in [-0.39, 0.29) is 0 Å². The van der Waals surface area contributed by atoms with Crippen LogP contribution in [0.4, 0.5) is 5.69 Å². The van der Waals surface area contributed by atoms with Gasteiger partial charge >= 0.3 is 5.97 Å². The van der Waals surface area contributed by atoms with Crippen LogP contribution in [0.3, 0.4) is 0 Å². The first-order valence-corrected chi connectivity index (χ1v) is 9.23. The van der Waals surface area contributed by atoms with Crippen LogP contribution < -0.4 is 4.74 Å². The maximum atomic E-state index is 11.4. The number of carbonyl (C=O) groups is 1. The molecule has 0 bridgehead atoms. The third kappa shape index (κ3) is 4.55. The predicted octanol–water partition coefficient (Wildman–Crippen LogP) is 5.65. The molecule has 0 fully saturated rings. The normalized spacial score (nSPS) is 12.5. The van der Waals surface area contributed by atoms with Gasteiger partial charge in [0.25, 0.3) is 0 Å². The molecule has 2 aromatic rings. The SMILES string of the molecule is C=Nc1ccc(-c2cccc(OC)c2)cc1/C(=C\C)SC(CC)C(=O)O.